The Morgan fingerprint density at radius 1 is 1.47 bits per heavy atom. The van der Waals surface area contributed by atoms with E-state index in [0.717, 1.165) is 8.66 Å². The third-order valence-electron chi connectivity index (χ3n) is 1.85. The smallest absolute Gasteiger partial charge is 0.211 e. The Morgan fingerprint density at radius 2 is 2.13 bits per heavy atom. The van der Waals surface area contributed by atoms with Gasteiger partial charge >= 0.3 is 0 Å². The van der Waals surface area contributed by atoms with Gasteiger partial charge in [0.05, 0.1) is 3.79 Å². The number of alkyl halides is 1. The van der Waals surface area contributed by atoms with Crippen molar-refractivity contribution in [3.63, 3.8) is 0 Å². The fourth-order valence-corrected chi connectivity index (χ4v) is 4.40. The fraction of sp³-hybridized carbons (Fsp3) is 0.500. The standard InChI is InChI=1S/C8H11Br2NO2S2/c1-2-11(15(12,13)6-9)5-7-3-4-8(10)14-7/h3-4H,2,5-6H2,1H3. The van der Waals surface area contributed by atoms with Crippen molar-refractivity contribution in [1.29, 1.82) is 0 Å². The summed E-state index contributed by atoms with van der Waals surface area (Å²) in [6.07, 6.45) is 0. The molecule has 0 aliphatic carbocycles. The topological polar surface area (TPSA) is 37.4 Å². The van der Waals surface area contributed by atoms with Crippen LogP contribution in [-0.4, -0.2) is 23.9 Å². The molecule has 7 heteroatoms. The number of thiophene rings is 1. The van der Waals surface area contributed by atoms with Crippen LogP contribution in [0.3, 0.4) is 0 Å². The SMILES string of the molecule is CCN(Cc1ccc(Br)s1)S(=O)(=O)CBr. The van der Waals surface area contributed by atoms with E-state index >= 15 is 0 Å². The van der Waals surface area contributed by atoms with E-state index in [1.165, 1.54) is 4.31 Å². The monoisotopic (exact) mass is 375 g/mol. The lowest BCUT2D eigenvalue weighted by molar-refractivity contribution is 0.430. The highest BCUT2D eigenvalue weighted by atomic mass is 79.9. The average Bonchev–Trinajstić information content (AvgIpc) is 2.60. The van der Waals surface area contributed by atoms with Gasteiger partial charge in [-0.15, -0.1) is 11.3 Å². The Bertz CT molecular complexity index is 416. The van der Waals surface area contributed by atoms with Crippen molar-refractivity contribution < 1.29 is 8.42 Å². The summed E-state index contributed by atoms with van der Waals surface area (Å²) in [6, 6.07) is 3.86. The summed E-state index contributed by atoms with van der Waals surface area (Å²) in [5.41, 5.74) is 0. The second-order valence-electron chi connectivity index (χ2n) is 2.85. The van der Waals surface area contributed by atoms with Gasteiger partial charge in [-0.1, -0.05) is 22.9 Å². The molecule has 0 unspecified atom stereocenters. The summed E-state index contributed by atoms with van der Waals surface area (Å²) in [4.78, 5) is 1.04. The van der Waals surface area contributed by atoms with E-state index in [9.17, 15) is 8.42 Å². The van der Waals surface area contributed by atoms with Crippen LogP contribution in [0.5, 0.6) is 0 Å². The third kappa shape index (κ3) is 3.81. The van der Waals surface area contributed by atoms with Crippen molar-refractivity contribution in [1.82, 2.24) is 4.31 Å². The Kier molecular flexibility index (Phi) is 5.24. The van der Waals surface area contributed by atoms with Crippen LogP contribution >= 0.6 is 43.2 Å². The largest absolute Gasteiger partial charge is 0.224 e. The maximum Gasteiger partial charge on any atom is 0.224 e. The van der Waals surface area contributed by atoms with E-state index in [1.807, 2.05) is 19.1 Å². The molecule has 0 atom stereocenters. The van der Waals surface area contributed by atoms with E-state index < -0.39 is 10.0 Å². The number of nitrogens with zero attached hydrogens (tertiary/aromatic N) is 1. The van der Waals surface area contributed by atoms with Gasteiger partial charge in [0.2, 0.25) is 10.0 Å². The zero-order valence-electron chi connectivity index (χ0n) is 8.11. The summed E-state index contributed by atoms with van der Waals surface area (Å²) in [5.74, 6) is 0. The van der Waals surface area contributed by atoms with Crippen molar-refractivity contribution in [2.45, 2.75) is 13.5 Å². The maximum absolute atomic E-state index is 11.6. The average molecular weight is 377 g/mol. The molecule has 0 radical (unpaired) electrons. The molecule has 3 nitrogen and oxygen atoms in total. The first-order chi connectivity index (χ1) is 6.99. The van der Waals surface area contributed by atoms with Crippen LogP contribution in [-0.2, 0) is 16.6 Å². The Balaban J connectivity index is 2.79. The van der Waals surface area contributed by atoms with Gasteiger partial charge in [-0.25, -0.2) is 8.42 Å². The van der Waals surface area contributed by atoms with Crippen molar-refractivity contribution in [3.05, 3.63) is 20.8 Å². The van der Waals surface area contributed by atoms with E-state index in [0.29, 0.717) is 13.1 Å². The lowest BCUT2D eigenvalue weighted by atomic mass is 10.4. The highest BCUT2D eigenvalue weighted by Gasteiger charge is 2.19. The molecule has 1 rings (SSSR count). The van der Waals surface area contributed by atoms with Gasteiger partial charge in [0.15, 0.2) is 0 Å². The molecule has 1 heterocycles. The zero-order valence-corrected chi connectivity index (χ0v) is 12.9. The minimum atomic E-state index is -3.16. The predicted molar refractivity (Wildman–Crippen MR) is 70.8 cm³/mol. The molecule has 15 heavy (non-hydrogen) atoms. The summed E-state index contributed by atoms with van der Waals surface area (Å²) in [6.45, 7) is 2.77. The lowest BCUT2D eigenvalue weighted by Crippen LogP contribution is -2.30. The van der Waals surface area contributed by atoms with Crippen LogP contribution in [0.4, 0.5) is 0 Å². The van der Waals surface area contributed by atoms with Crippen molar-refractivity contribution >= 4 is 53.2 Å². The van der Waals surface area contributed by atoms with E-state index in [2.05, 4.69) is 31.9 Å². The molecule has 0 aliphatic heterocycles. The molecule has 0 bridgehead atoms. The number of hydrogen-bond acceptors (Lipinski definition) is 3. The van der Waals surface area contributed by atoms with Crippen LogP contribution in [0.1, 0.15) is 11.8 Å². The molecule has 0 spiro atoms. The molecule has 1 aromatic rings. The summed E-state index contributed by atoms with van der Waals surface area (Å²) in [5, 5.41) is 0. The summed E-state index contributed by atoms with van der Waals surface area (Å²) in [7, 11) is -3.16. The van der Waals surface area contributed by atoms with Crippen LogP contribution in [0.25, 0.3) is 0 Å². The molecular formula is C8H11Br2NO2S2. The maximum atomic E-state index is 11.6. The van der Waals surface area contributed by atoms with Crippen LogP contribution in [0.15, 0.2) is 15.9 Å². The van der Waals surface area contributed by atoms with Crippen molar-refractivity contribution in [3.8, 4) is 0 Å². The molecule has 0 saturated carbocycles. The van der Waals surface area contributed by atoms with Crippen LogP contribution in [0.2, 0.25) is 0 Å². The molecule has 1 aromatic heterocycles. The Hall–Kier alpha value is 0.570. The van der Waals surface area contributed by atoms with Crippen molar-refractivity contribution in [2.75, 3.05) is 11.2 Å². The number of hydrogen-bond donors (Lipinski definition) is 0. The van der Waals surface area contributed by atoms with Gasteiger partial charge in [-0.2, -0.15) is 4.31 Å². The molecule has 0 saturated heterocycles. The first kappa shape index (κ1) is 13.6. The van der Waals surface area contributed by atoms with Gasteiger partial charge in [0.1, 0.15) is 4.66 Å². The molecule has 0 N–H and O–H groups in total. The highest BCUT2D eigenvalue weighted by molar-refractivity contribution is 9.11. The third-order valence-corrected chi connectivity index (χ3v) is 6.64. The Morgan fingerprint density at radius 3 is 2.53 bits per heavy atom. The first-order valence-corrected chi connectivity index (χ1v) is 8.61. The van der Waals surface area contributed by atoms with E-state index in [-0.39, 0.29) is 4.66 Å². The number of rotatable bonds is 5. The molecule has 86 valence electrons. The minimum absolute atomic E-state index is 0.0274. The lowest BCUT2D eigenvalue weighted by Gasteiger charge is -2.17. The van der Waals surface area contributed by atoms with E-state index in [4.69, 9.17) is 0 Å². The molecular weight excluding hydrogens is 366 g/mol. The highest BCUT2D eigenvalue weighted by Crippen LogP contribution is 2.24. The molecule has 0 amide bonds. The second-order valence-corrected chi connectivity index (χ2v) is 8.67. The summed E-state index contributed by atoms with van der Waals surface area (Å²) >= 11 is 7.90. The van der Waals surface area contributed by atoms with Crippen molar-refractivity contribution in [2.24, 2.45) is 0 Å². The molecule has 0 fully saturated rings. The number of sulfonamides is 1. The van der Waals surface area contributed by atoms with Gasteiger partial charge in [-0.05, 0) is 28.1 Å². The van der Waals surface area contributed by atoms with Gasteiger partial charge in [0.25, 0.3) is 0 Å². The predicted octanol–water partition coefficient (Wildman–Crippen LogP) is 3.01. The van der Waals surface area contributed by atoms with Gasteiger partial charge < -0.3 is 0 Å². The van der Waals surface area contributed by atoms with Crippen LogP contribution in [0, 0.1) is 0 Å². The molecule has 0 aromatic carbocycles. The summed E-state index contributed by atoms with van der Waals surface area (Å²) < 4.78 is 25.7. The number of halogens is 2. The van der Waals surface area contributed by atoms with Gasteiger partial charge in [0, 0.05) is 18.0 Å². The Labute approximate surface area is 111 Å². The van der Waals surface area contributed by atoms with Crippen LogP contribution < -0.4 is 0 Å². The second kappa shape index (κ2) is 5.77. The normalized spacial score (nSPS) is 12.3. The first-order valence-electron chi connectivity index (χ1n) is 4.27. The minimum Gasteiger partial charge on any atom is -0.211 e. The van der Waals surface area contributed by atoms with E-state index in [1.54, 1.807) is 11.3 Å². The quantitative estimate of drug-likeness (QED) is 0.740. The fourth-order valence-electron chi connectivity index (χ4n) is 1.09. The van der Waals surface area contributed by atoms with Gasteiger partial charge in [-0.3, -0.25) is 0 Å². The zero-order chi connectivity index (χ0) is 11.5. The molecule has 0 aliphatic rings.